The fraction of sp³-hybridized carbons (Fsp3) is 0.333. The van der Waals surface area contributed by atoms with E-state index in [0.717, 1.165) is 22.4 Å². The first-order chi connectivity index (χ1) is 14.0. The van der Waals surface area contributed by atoms with Gasteiger partial charge in [-0.3, -0.25) is 0 Å². The molecule has 0 bridgehead atoms. The molecular weight excluding hydrogens is 503 g/mol. The molecule has 1 heterocycles. The molecule has 0 aliphatic carbocycles. The highest BCUT2D eigenvalue weighted by atomic mass is 127. The number of nitrogens with one attached hydrogen (secondary N) is 3. The summed E-state index contributed by atoms with van der Waals surface area (Å²) in [6.45, 7) is 2.54. The number of H-pyrrole nitrogens is 1. The highest BCUT2D eigenvalue weighted by molar-refractivity contribution is 14.0. The topological polar surface area (TPSA) is 74.3 Å². The maximum atomic E-state index is 12.6. The lowest BCUT2D eigenvalue weighted by atomic mass is 10.1. The molecule has 6 nitrogen and oxygen atoms in total. The first-order valence-corrected chi connectivity index (χ1v) is 9.55. The minimum absolute atomic E-state index is 0. The molecule has 0 radical (unpaired) electrons. The first kappa shape index (κ1) is 23.8. The van der Waals surface area contributed by atoms with Crippen molar-refractivity contribution in [2.24, 2.45) is 4.99 Å². The lowest BCUT2D eigenvalue weighted by Crippen LogP contribution is -2.38. The zero-order chi connectivity index (χ0) is 20.6. The predicted octanol–water partition coefficient (Wildman–Crippen LogP) is 4.39. The third-order valence-corrected chi connectivity index (χ3v) is 4.28. The second-order valence-electron chi connectivity index (χ2n) is 6.56. The normalized spacial score (nSPS) is 11.4. The number of aliphatic imine (C=N–C) groups is 1. The molecule has 0 aliphatic heterocycles. The van der Waals surface area contributed by atoms with Gasteiger partial charge in [0.2, 0.25) is 0 Å². The van der Waals surface area contributed by atoms with E-state index in [0.29, 0.717) is 31.0 Å². The molecule has 3 aromatic rings. The summed E-state index contributed by atoms with van der Waals surface area (Å²) in [4.78, 5) is 12.4. The van der Waals surface area contributed by atoms with Gasteiger partial charge < -0.3 is 20.4 Å². The van der Waals surface area contributed by atoms with Crippen LogP contribution in [0.2, 0.25) is 0 Å². The summed E-state index contributed by atoms with van der Waals surface area (Å²) in [7, 11) is 0. The number of hydrogen-bond acceptors (Lipinski definition) is 3. The number of rotatable bonds is 8. The van der Waals surface area contributed by atoms with E-state index >= 15 is 0 Å². The number of guanidine groups is 1. The summed E-state index contributed by atoms with van der Waals surface area (Å²) < 4.78 is 29.9. The lowest BCUT2D eigenvalue weighted by Gasteiger charge is -2.13. The van der Waals surface area contributed by atoms with E-state index in [4.69, 9.17) is 0 Å². The van der Waals surface area contributed by atoms with Crippen molar-refractivity contribution in [2.75, 3.05) is 13.1 Å². The van der Waals surface area contributed by atoms with E-state index < -0.39 is 6.61 Å². The maximum Gasteiger partial charge on any atom is 0.387 e. The number of halogens is 3. The summed E-state index contributed by atoms with van der Waals surface area (Å²) in [6, 6.07) is 13.0. The Morgan fingerprint density at radius 3 is 2.73 bits per heavy atom. The van der Waals surface area contributed by atoms with Crippen LogP contribution in [0.5, 0.6) is 5.75 Å². The van der Waals surface area contributed by atoms with Gasteiger partial charge in [-0.1, -0.05) is 29.8 Å². The van der Waals surface area contributed by atoms with Crippen molar-refractivity contribution in [3.8, 4) is 5.75 Å². The number of para-hydroxylation sites is 2. The van der Waals surface area contributed by atoms with Crippen LogP contribution in [-0.4, -0.2) is 35.6 Å². The van der Waals surface area contributed by atoms with Crippen LogP contribution in [0.15, 0.2) is 47.5 Å². The van der Waals surface area contributed by atoms with Crippen LogP contribution in [0.1, 0.15) is 23.9 Å². The Bertz CT molecular complexity index is 944. The average Bonchev–Trinajstić information content (AvgIpc) is 3.10. The Kier molecular flexibility index (Phi) is 9.28. The summed E-state index contributed by atoms with van der Waals surface area (Å²) in [5.41, 5.74) is 3.52. The number of imidazole rings is 1. The molecule has 0 amide bonds. The van der Waals surface area contributed by atoms with E-state index in [1.807, 2.05) is 38.1 Å². The fourth-order valence-corrected chi connectivity index (χ4v) is 2.97. The van der Waals surface area contributed by atoms with Crippen LogP contribution < -0.4 is 15.4 Å². The number of fused-ring (bicyclic) bond motifs is 1. The van der Waals surface area contributed by atoms with Gasteiger partial charge >= 0.3 is 6.61 Å². The van der Waals surface area contributed by atoms with Crippen molar-refractivity contribution >= 4 is 41.0 Å². The monoisotopic (exact) mass is 529 g/mol. The molecule has 0 saturated heterocycles. The molecule has 162 valence electrons. The quantitative estimate of drug-likeness (QED) is 0.230. The molecule has 3 rings (SSSR count). The Balaban J connectivity index is 0.00000320. The van der Waals surface area contributed by atoms with E-state index in [2.05, 4.69) is 30.3 Å². The van der Waals surface area contributed by atoms with Crippen molar-refractivity contribution in [1.82, 2.24) is 20.6 Å². The zero-order valence-electron chi connectivity index (χ0n) is 16.9. The Labute approximate surface area is 191 Å². The maximum absolute atomic E-state index is 12.6. The van der Waals surface area contributed by atoms with Gasteiger partial charge in [0.1, 0.15) is 11.6 Å². The number of aromatic amines is 1. The van der Waals surface area contributed by atoms with Gasteiger partial charge in [-0.25, -0.2) is 9.98 Å². The second-order valence-corrected chi connectivity index (χ2v) is 6.56. The number of aromatic nitrogens is 2. The first-order valence-electron chi connectivity index (χ1n) is 9.55. The highest BCUT2D eigenvalue weighted by Gasteiger charge is 2.10. The highest BCUT2D eigenvalue weighted by Crippen LogP contribution is 2.22. The minimum Gasteiger partial charge on any atom is -0.434 e. The third-order valence-electron chi connectivity index (χ3n) is 4.28. The summed E-state index contributed by atoms with van der Waals surface area (Å²) in [5.74, 6) is 1.64. The molecule has 0 spiro atoms. The molecule has 30 heavy (non-hydrogen) atoms. The van der Waals surface area contributed by atoms with Crippen LogP contribution in [-0.2, 0) is 13.0 Å². The van der Waals surface area contributed by atoms with E-state index in [9.17, 15) is 8.78 Å². The van der Waals surface area contributed by atoms with Crippen LogP contribution >= 0.6 is 24.0 Å². The van der Waals surface area contributed by atoms with Crippen LogP contribution in [0.3, 0.4) is 0 Å². The van der Waals surface area contributed by atoms with Gasteiger partial charge in [-0.2, -0.15) is 8.78 Å². The van der Waals surface area contributed by atoms with Gasteiger partial charge in [0, 0.05) is 25.1 Å². The number of benzene rings is 2. The van der Waals surface area contributed by atoms with Gasteiger partial charge in [0.05, 0.1) is 17.6 Å². The second kappa shape index (κ2) is 11.7. The Morgan fingerprint density at radius 2 is 2.00 bits per heavy atom. The Hall–Kier alpha value is -2.43. The number of ether oxygens (including phenoxy) is 1. The van der Waals surface area contributed by atoms with E-state index in [1.54, 1.807) is 18.2 Å². The van der Waals surface area contributed by atoms with E-state index in [1.165, 1.54) is 0 Å². The molecule has 0 saturated carbocycles. The molecule has 3 N–H and O–H groups in total. The smallest absolute Gasteiger partial charge is 0.387 e. The molecule has 0 fully saturated rings. The lowest BCUT2D eigenvalue weighted by molar-refractivity contribution is -0.0504. The zero-order valence-corrected chi connectivity index (χ0v) is 19.2. The standard InChI is InChI=1S/C21H25F2N5O.HI/c1-3-24-21(25-11-10-19-27-16-6-4-5-7-17(16)28-19)26-13-15-12-14(2)8-9-18(15)29-20(22)23;/h4-9,12,20H,3,10-11,13H2,1-2H3,(H,27,28)(H2,24,25,26);1H. The van der Waals surface area contributed by atoms with Crippen LogP contribution in [0.25, 0.3) is 11.0 Å². The average molecular weight is 529 g/mol. The van der Waals surface area contributed by atoms with Gasteiger partial charge in [-0.05, 0) is 32.0 Å². The third kappa shape index (κ3) is 6.82. The molecule has 9 heteroatoms. The molecule has 0 aliphatic rings. The largest absolute Gasteiger partial charge is 0.434 e. The van der Waals surface area contributed by atoms with Gasteiger partial charge in [0.25, 0.3) is 0 Å². The summed E-state index contributed by atoms with van der Waals surface area (Å²) in [5, 5.41) is 6.41. The van der Waals surface area contributed by atoms with Gasteiger partial charge in [0.15, 0.2) is 5.96 Å². The summed E-state index contributed by atoms with van der Waals surface area (Å²) >= 11 is 0. The number of hydrogen-bond donors (Lipinski definition) is 3. The predicted molar refractivity (Wildman–Crippen MR) is 126 cm³/mol. The molecule has 1 aromatic heterocycles. The minimum atomic E-state index is -2.87. The molecule has 0 unspecified atom stereocenters. The van der Waals surface area contributed by atoms with Gasteiger partial charge in [-0.15, -0.1) is 24.0 Å². The summed E-state index contributed by atoms with van der Waals surface area (Å²) in [6.07, 6.45) is 0.698. The molecule has 0 atom stereocenters. The fourth-order valence-electron chi connectivity index (χ4n) is 2.97. The number of nitrogens with zero attached hydrogens (tertiary/aromatic N) is 2. The van der Waals surface area contributed by atoms with Crippen molar-refractivity contribution in [2.45, 2.75) is 33.4 Å². The molecular formula is C21H26F2IN5O. The Morgan fingerprint density at radius 1 is 1.20 bits per heavy atom. The van der Waals surface area contributed by atoms with Crippen molar-refractivity contribution in [3.05, 3.63) is 59.4 Å². The van der Waals surface area contributed by atoms with Crippen molar-refractivity contribution < 1.29 is 13.5 Å². The SMILES string of the molecule is CCNC(=NCc1cc(C)ccc1OC(F)F)NCCc1nc2ccccc2[nH]1.I. The van der Waals surface area contributed by atoms with E-state index in [-0.39, 0.29) is 36.3 Å². The van der Waals surface area contributed by atoms with Crippen LogP contribution in [0, 0.1) is 6.92 Å². The molecule has 2 aromatic carbocycles. The van der Waals surface area contributed by atoms with Crippen molar-refractivity contribution in [1.29, 1.82) is 0 Å². The number of aryl methyl sites for hydroxylation is 1. The van der Waals surface area contributed by atoms with Crippen molar-refractivity contribution in [3.63, 3.8) is 0 Å². The van der Waals surface area contributed by atoms with Crippen LogP contribution in [0.4, 0.5) is 8.78 Å². The number of alkyl halides is 2.